The summed E-state index contributed by atoms with van der Waals surface area (Å²) in [6.45, 7) is 5.37. The van der Waals surface area contributed by atoms with Crippen molar-refractivity contribution in [3.8, 4) is 0 Å². The van der Waals surface area contributed by atoms with Gasteiger partial charge in [-0.1, -0.05) is 33.1 Å². The fourth-order valence-corrected chi connectivity index (χ4v) is 1.91. The molecule has 1 aliphatic rings. The van der Waals surface area contributed by atoms with Crippen LogP contribution in [-0.4, -0.2) is 19.2 Å². The van der Waals surface area contributed by atoms with Crippen molar-refractivity contribution in [1.82, 2.24) is 5.32 Å². The van der Waals surface area contributed by atoms with Gasteiger partial charge in [0, 0.05) is 6.54 Å². The van der Waals surface area contributed by atoms with E-state index in [0.29, 0.717) is 18.4 Å². The molecular formula is C12H23NO2. The highest BCUT2D eigenvalue weighted by Crippen LogP contribution is 2.22. The van der Waals surface area contributed by atoms with Crippen LogP contribution in [0.1, 0.15) is 46.0 Å². The highest BCUT2D eigenvalue weighted by atomic mass is 16.5. The van der Waals surface area contributed by atoms with Gasteiger partial charge in [-0.15, -0.1) is 0 Å². The predicted octanol–water partition coefficient (Wildman–Crippen LogP) is 2.95. The molecule has 1 fully saturated rings. The van der Waals surface area contributed by atoms with Gasteiger partial charge in [0.1, 0.15) is 0 Å². The summed E-state index contributed by atoms with van der Waals surface area (Å²) in [5, 5.41) is 2.85. The Hall–Kier alpha value is -0.730. The number of hydrogen-bond acceptors (Lipinski definition) is 2. The number of hydrogen-bond donors (Lipinski definition) is 1. The fraction of sp³-hybridized carbons (Fsp3) is 0.917. The van der Waals surface area contributed by atoms with Crippen LogP contribution >= 0.6 is 0 Å². The number of amides is 1. The summed E-state index contributed by atoms with van der Waals surface area (Å²) in [4.78, 5) is 11.3. The first-order chi connectivity index (χ1) is 7.18. The van der Waals surface area contributed by atoms with Crippen LogP contribution in [0.4, 0.5) is 4.79 Å². The molecule has 0 radical (unpaired) electrons. The Kier molecular flexibility index (Phi) is 5.51. The molecule has 1 amide bonds. The Balaban J connectivity index is 2.05. The third kappa shape index (κ3) is 5.65. The van der Waals surface area contributed by atoms with E-state index in [2.05, 4.69) is 5.32 Å². The minimum Gasteiger partial charge on any atom is -0.449 e. The van der Waals surface area contributed by atoms with Crippen molar-refractivity contribution in [2.45, 2.75) is 46.0 Å². The van der Waals surface area contributed by atoms with Gasteiger partial charge in [0.25, 0.3) is 0 Å². The van der Waals surface area contributed by atoms with Crippen LogP contribution in [0.5, 0.6) is 0 Å². The van der Waals surface area contributed by atoms with Crippen molar-refractivity contribution in [3.05, 3.63) is 0 Å². The van der Waals surface area contributed by atoms with Gasteiger partial charge in [-0.2, -0.15) is 0 Å². The van der Waals surface area contributed by atoms with Gasteiger partial charge in [-0.3, -0.25) is 0 Å². The predicted molar refractivity (Wildman–Crippen MR) is 60.8 cm³/mol. The Bertz CT molecular complexity index is 186. The molecule has 0 unspecified atom stereocenters. The van der Waals surface area contributed by atoms with Crippen molar-refractivity contribution >= 4 is 6.09 Å². The maximum atomic E-state index is 11.3. The summed E-state index contributed by atoms with van der Waals surface area (Å²) < 4.78 is 5.04. The lowest BCUT2D eigenvalue weighted by molar-refractivity contribution is 0.130. The van der Waals surface area contributed by atoms with Gasteiger partial charge in [-0.05, 0) is 24.7 Å². The Morgan fingerprint density at radius 2 is 2.00 bits per heavy atom. The first kappa shape index (κ1) is 12.3. The number of carbonyl (C=O) groups is 1. The summed E-state index contributed by atoms with van der Waals surface area (Å²) in [6.07, 6.45) is 6.23. The van der Waals surface area contributed by atoms with Crippen LogP contribution in [0.25, 0.3) is 0 Å². The van der Waals surface area contributed by atoms with E-state index >= 15 is 0 Å². The minimum absolute atomic E-state index is 0.255. The van der Waals surface area contributed by atoms with Crippen LogP contribution in [0.3, 0.4) is 0 Å². The fourth-order valence-electron chi connectivity index (χ4n) is 1.91. The quantitative estimate of drug-likeness (QED) is 0.779. The molecule has 0 spiro atoms. The smallest absolute Gasteiger partial charge is 0.407 e. The molecule has 1 rings (SSSR count). The largest absolute Gasteiger partial charge is 0.449 e. The third-order valence-corrected chi connectivity index (χ3v) is 2.81. The van der Waals surface area contributed by atoms with Gasteiger partial charge in [0.15, 0.2) is 0 Å². The number of rotatable bonds is 4. The molecule has 1 N–H and O–H groups in total. The summed E-state index contributed by atoms with van der Waals surface area (Å²) >= 11 is 0. The molecule has 1 aliphatic carbocycles. The van der Waals surface area contributed by atoms with Crippen LogP contribution < -0.4 is 5.32 Å². The summed E-state index contributed by atoms with van der Waals surface area (Å²) in [7, 11) is 0. The van der Waals surface area contributed by atoms with E-state index in [-0.39, 0.29) is 6.09 Å². The number of ether oxygens (including phenoxy) is 1. The molecule has 15 heavy (non-hydrogen) atoms. The number of nitrogens with one attached hydrogen (secondary N) is 1. The SMILES string of the molecule is CC(C)COC(=O)NCC1CCCCC1. The summed E-state index contributed by atoms with van der Waals surface area (Å²) in [5.41, 5.74) is 0. The topological polar surface area (TPSA) is 38.3 Å². The van der Waals surface area contributed by atoms with Crippen LogP contribution in [0, 0.1) is 11.8 Å². The van der Waals surface area contributed by atoms with Gasteiger partial charge < -0.3 is 10.1 Å². The number of carbonyl (C=O) groups excluding carboxylic acids is 1. The average molecular weight is 213 g/mol. The van der Waals surface area contributed by atoms with Crippen molar-refractivity contribution in [2.24, 2.45) is 11.8 Å². The van der Waals surface area contributed by atoms with Crippen molar-refractivity contribution < 1.29 is 9.53 Å². The highest BCUT2D eigenvalue weighted by Gasteiger charge is 2.14. The molecule has 88 valence electrons. The van der Waals surface area contributed by atoms with Gasteiger partial charge in [0.2, 0.25) is 0 Å². The van der Waals surface area contributed by atoms with Crippen molar-refractivity contribution in [2.75, 3.05) is 13.2 Å². The Morgan fingerprint density at radius 3 is 2.60 bits per heavy atom. The first-order valence-electron chi connectivity index (χ1n) is 6.09. The molecule has 0 aliphatic heterocycles. The van der Waals surface area contributed by atoms with Crippen molar-refractivity contribution in [3.63, 3.8) is 0 Å². The Morgan fingerprint density at radius 1 is 1.33 bits per heavy atom. The lowest BCUT2D eigenvalue weighted by Crippen LogP contribution is -2.31. The van der Waals surface area contributed by atoms with E-state index in [1.54, 1.807) is 0 Å². The van der Waals surface area contributed by atoms with E-state index in [0.717, 1.165) is 6.54 Å². The molecule has 3 nitrogen and oxygen atoms in total. The normalized spacial score (nSPS) is 17.8. The molecule has 0 atom stereocenters. The third-order valence-electron chi connectivity index (χ3n) is 2.81. The maximum Gasteiger partial charge on any atom is 0.407 e. The molecule has 0 aromatic heterocycles. The van der Waals surface area contributed by atoms with Gasteiger partial charge in [-0.25, -0.2) is 4.79 Å². The summed E-state index contributed by atoms with van der Waals surface area (Å²) in [6, 6.07) is 0. The van der Waals surface area contributed by atoms with E-state index in [1.165, 1.54) is 32.1 Å². The van der Waals surface area contributed by atoms with E-state index < -0.39 is 0 Å². The molecule has 3 heteroatoms. The molecule has 0 aromatic carbocycles. The molecule has 1 saturated carbocycles. The molecule has 0 aromatic rings. The standard InChI is InChI=1S/C12H23NO2/c1-10(2)9-15-12(14)13-8-11-6-4-3-5-7-11/h10-11H,3-9H2,1-2H3,(H,13,14). The molecular weight excluding hydrogens is 190 g/mol. The van der Waals surface area contributed by atoms with Crippen LogP contribution in [-0.2, 0) is 4.74 Å². The lowest BCUT2D eigenvalue weighted by atomic mass is 9.89. The van der Waals surface area contributed by atoms with E-state index in [4.69, 9.17) is 4.74 Å². The molecule has 0 heterocycles. The summed E-state index contributed by atoms with van der Waals surface area (Å²) in [5.74, 6) is 1.08. The maximum absolute atomic E-state index is 11.3. The van der Waals surface area contributed by atoms with Crippen molar-refractivity contribution in [1.29, 1.82) is 0 Å². The zero-order chi connectivity index (χ0) is 11.1. The number of alkyl carbamates (subject to hydrolysis) is 1. The van der Waals surface area contributed by atoms with E-state index in [1.807, 2.05) is 13.8 Å². The minimum atomic E-state index is -0.255. The monoisotopic (exact) mass is 213 g/mol. The molecule has 0 saturated heterocycles. The zero-order valence-corrected chi connectivity index (χ0v) is 9.92. The van der Waals surface area contributed by atoms with E-state index in [9.17, 15) is 4.79 Å². The second-order valence-electron chi connectivity index (χ2n) is 4.88. The van der Waals surface area contributed by atoms with Crippen LogP contribution in [0.15, 0.2) is 0 Å². The second-order valence-corrected chi connectivity index (χ2v) is 4.88. The first-order valence-corrected chi connectivity index (χ1v) is 6.09. The van der Waals surface area contributed by atoms with Gasteiger partial charge >= 0.3 is 6.09 Å². The lowest BCUT2D eigenvalue weighted by Gasteiger charge is -2.21. The van der Waals surface area contributed by atoms with Gasteiger partial charge in [0.05, 0.1) is 6.61 Å². The Labute approximate surface area is 92.6 Å². The highest BCUT2D eigenvalue weighted by molar-refractivity contribution is 5.67. The second kappa shape index (κ2) is 6.70. The molecule has 0 bridgehead atoms. The zero-order valence-electron chi connectivity index (χ0n) is 9.92. The van der Waals surface area contributed by atoms with Crippen LogP contribution in [0.2, 0.25) is 0 Å². The average Bonchev–Trinajstić information content (AvgIpc) is 2.25.